The minimum absolute atomic E-state index is 0.135. The van der Waals surface area contributed by atoms with E-state index >= 15 is 0 Å². The molecule has 2 heterocycles. The zero-order valence-electron chi connectivity index (χ0n) is 18.4. The molecule has 0 atom stereocenters. The highest BCUT2D eigenvalue weighted by molar-refractivity contribution is 7.92. The summed E-state index contributed by atoms with van der Waals surface area (Å²) in [5.41, 5.74) is 2.44. The van der Waals surface area contributed by atoms with Gasteiger partial charge >= 0.3 is 6.09 Å². The number of hydrogen-bond acceptors (Lipinski definition) is 6. The molecule has 1 amide bonds. The van der Waals surface area contributed by atoms with Gasteiger partial charge in [0.05, 0.1) is 13.2 Å². The zero-order chi connectivity index (χ0) is 23.0. The van der Waals surface area contributed by atoms with Crippen LogP contribution >= 0.6 is 11.3 Å². The average molecular weight is 476 g/mol. The summed E-state index contributed by atoms with van der Waals surface area (Å²) >= 11 is 1.21. The van der Waals surface area contributed by atoms with Gasteiger partial charge in [-0.1, -0.05) is 51.0 Å². The second-order valence-corrected chi connectivity index (χ2v) is 10.5. The van der Waals surface area contributed by atoms with E-state index in [-0.39, 0.29) is 10.8 Å². The second-order valence-electron chi connectivity index (χ2n) is 7.51. The van der Waals surface area contributed by atoms with Crippen LogP contribution in [0.3, 0.4) is 0 Å². The second kappa shape index (κ2) is 11.3. The number of unbranched alkanes of at least 4 members (excludes halogenated alkanes) is 2. The van der Waals surface area contributed by atoms with Crippen LogP contribution in [0.4, 0.5) is 4.79 Å². The molecule has 3 rings (SSSR count). The van der Waals surface area contributed by atoms with Gasteiger partial charge in [-0.2, -0.15) is 5.10 Å². The fourth-order valence-electron chi connectivity index (χ4n) is 3.16. The lowest BCUT2D eigenvalue weighted by Crippen LogP contribution is -2.31. The first-order valence-corrected chi connectivity index (χ1v) is 13.1. The molecule has 1 N–H and O–H groups in total. The number of carbonyl (C=O) groups is 1. The maximum Gasteiger partial charge on any atom is 0.421 e. The van der Waals surface area contributed by atoms with Crippen molar-refractivity contribution in [2.24, 2.45) is 0 Å². The van der Waals surface area contributed by atoms with E-state index < -0.39 is 16.1 Å². The van der Waals surface area contributed by atoms with E-state index in [0.717, 1.165) is 41.7 Å². The first kappa shape index (κ1) is 24.0. The van der Waals surface area contributed by atoms with Crippen LogP contribution in [0.1, 0.15) is 50.0 Å². The van der Waals surface area contributed by atoms with Gasteiger partial charge in [-0.3, -0.25) is 4.68 Å². The number of benzene rings is 1. The highest BCUT2D eigenvalue weighted by Gasteiger charge is 2.26. The van der Waals surface area contributed by atoms with E-state index in [4.69, 9.17) is 4.74 Å². The molecule has 0 fully saturated rings. The standard InChI is InChI=1S/C23H29N3O4S2/c1-3-5-8-20-16-21(19-11-9-18(10-12-19)17-26-14-7-13-24-26)22(31-20)32(28,29)25-23(27)30-15-6-4-2/h7,9-14,16H,3-6,8,15,17H2,1-2H3,(H,25,27). The highest BCUT2D eigenvalue weighted by Crippen LogP contribution is 2.36. The minimum atomic E-state index is -4.05. The van der Waals surface area contributed by atoms with E-state index in [1.54, 1.807) is 6.20 Å². The molecule has 1 aromatic carbocycles. The minimum Gasteiger partial charge on any atom is -0.449 e. The molecule has 0 bridgehead atoms. The summed E-state index contributed by atoms with van der Waals surface area (Å²) in [6, 6.07) is 11.5. The Morgan fingerprint density at radius 1 is 1.16 bits per heavy atom. The zero-order valence-corrected chi connectivity index (χ0v) is 20.0. The summed E-state index contributed by atoms with van der Waals surface area (Å²) in [5.74, 6) is 0. The van der Waals surface area contributed by atoms with Crippen molar-refractivity contribution >= 4 is 27.5 Å². The number of carbonyl (C=O) groups excluding carboxylic acids is 1. The molecule has 0 radical (unpaired) electrons. The molecular weight excluding hydrogens is 446 g/mol. The number of nitrogens with zero attached hydrogens (tertiary/aromatic N) is 2. The molecule has 0 unspecified atom stereocenters. The maximum atomic E-state index is 13.0. The summed E-state index contributed by atoms with van der Waals surface area (Å²) in [6.45, 7) is 4.88. The molecule has 0 aliphatic heterocycles. The monoisotopic (exact) mass is 475 g/mol. The molecule has 2 aromatic heterocycles. The fraction of sp³-hybridized carbons (Fsp3) is 0.391. The van der Waals surface area contributed by atoms with Crippen molar-refractivity contribution < 1.29 is 17.9 Å². The van der Waals surface area contributed by atoms with Crippen LogP contribution in [0, 0.1) is 0 Å². The van der Waals surface area contributed by atoms with Crippen molar-refractivity contribution in [2.45, 2.75) is 56.7 Å². The van der Waals surface area contributed by atoms with Gasteiger partial charge < -0.3 is 4.74 Å². The van der Waals surface area contributed by atoms with Crippen LogP contribution < -0.4 is 4.72 Å². The van der Waals surface area contributed by atoms with E-state index in [2.05, 4.69) is 16.7 Å². The molecule has 0 aliphatic rings. The third kappa shape index (κ3) is 6.43. The topological polar surface area (TPSA) is 90.3 Å². The first-order valence-electron chi connectivity index (χ1n) is 10.8. The van der Waals surface area contributed by atoms with Gasteiger partial charge in [0.15, 0.2) is 0 Å². The number of sulfonamides is 1. The van der Waals surface area contributed by atoms with Gasteiger partial charge in [0.25, 0.3) is 10.0 Å². The third-order valence-corrected chi connectivity index (χ3v) is 7.93. The number of aromatic nitrogens is 2. The molecule has 0 spiro atoms. The van der Waals surface area contributed by atoms with Gasteiger partial charge in [-0.05, 0) is 42.5 Å². The van der Waals surface area contributed by atoms with E-state index in [9.17, 15) is 13.2 Å². The van der Waals surface area contributed by atoms with E-state index in [1.807, 2.05) is 54.2 Å². The average Bonchev–Trinajstić information content (AvgIpc) is 3.43. The molecular formula is C23H29N3O4S2. The lowest BCUT2D eigenvalue weighted by Gasteiger charge is -2.09. The van der Waals surface area contributed by atoms with Crippen LogP contribution in [-0.2, 0) is 27.7 Å². The Morgan fingerprint density at radius 2 is 1.91 bits per heavy atom. The quantitative estimate of drug-likeness (QED) is 0.384. The van der Waals surface area contributed by atoms with Crippen LogP contribution in [0.25, 0.3) is 11.1 Å². The number of thiophene rings is 1. The van der Waals surface area contributed by atoms with Gasteiger partial charge in [0.2, 0.25) is 0 Å². The molecule has 7 nitrogen and oxygen atoms in total. The maximum absolute atomic E-state index is 13.0. The van der Waals surface area contributed by atoms with E-state index in [1.165, 1.54) is 11.3 Å². The summed E-state index contributed by atoms with van der Waals surface area (Å²) < 4.78 is 35.1. The molecule has 0 saturated carbocycles. The lowest BCUT2D eigenvalue weighted by atomic mass is 10.1. The molecule has 3 aromatic rings. The van der Waals surface area contributed by atoms with Crippen LogP contribution in [0.2, 0.25) is 0 Å². The van der Waals surface area contributed by atoms with Gasteiger partial charge in [-0.15, -0.1) is 11.3 Å². The summed E-state index contributed by atoms with van der Waals surface area (Å²) in [4.78, 5) is 13.0. The van der Waals surface area contributed by atoms with Gasteiger partial charge in [0, 0.05) is 22.8 Å². The largest absolute Gasteiger partial charge is 0.449 e. The number of hydrogen-bond donors (Lipinski definition) is 1. The summed E-state index contributed by atoms with van der Waals surface area (Å²) in [7, 11) is -4.05. The smallest absolute Gasteiger partial charge is 0.421 e. The molecule has 172 valence electrons. The van der Waals surface area contributed by atoms with Gasteiger partial charge in [0.1, 0.15) is 4.21 Å². The molecule has 9 heteroatoms. The first-order chi connectivity index (χ1) is 15.4. The normalized spacial score (nSPS) is 11.4. The van der Waals surface area contributed by atoms with Crippen molar-refractivity contribution in [1.82, 2.24) is 14.5 Å². The third-order valence-electron chi connectivity index (χ3n) is 4.89. The number of amides is 1. The Hall–Kier alpha value is -2.65. The van der Waals surface area contributed by atoms with Crippen molar-refractivity contribution in [3.05, 3.63) is 59.2 Å². The summed E-state index contributed by atoms with van der Waals surface area (Å²) in [6.07, 6.45) is 6.99. The van der Waals surface area contributed by atoms with Crippen molar-refractivity contribution in [3.63, 3.8) is 0 Å². The Labute approximate surface area is 193 Å². The van der Waals surface area contributed by atoms with Crippen LogP contribution in [-0.4, -0.2) is 30.9 Å². The lowest BCUT2D eigenvalue weighted by molar-refractivity contribution is 0.151. The van der Waals surface area contributed by atoms with Crippen LogP contribution in [0.15, 0.2) is 53.0 Å². The Balaban J connectivity index is 1.86. The molecule has 0 saturated heterocycles. The fourth-order valence-corrected chi connectivity index (χ4v) is 5.83. The highest BCUT2D eigenvalue weighted by atomic mass is 32.2. The van der Waals surface area contributed by atoms with Crippen molar-refractivity contribution in [3.8, 4) is 11.1 Å². The number of nitrogens with one attached hydrogen (secondary N) is 1. The predicted molar refractivity (Wildman–Crippen MR) is 126 cm³/mol. The predicted octanol–water partition coefficient (Wildman–Crippen LogP) is 5.22. The SMILES string of the molecule is CCCCOC(=O)NS(=O)(=O)c1sc(CCCC)cc1-c1ccc(Cn2cccn2)cc1. The number of rotatable bonds is 11. The Bertz CT molecular complexity index is 1100. The summed E-state index contributed by atoms with van der Waals surface area (Å²) in [5, 5.41) is 4.21. The van der Waals surface area contributed by atoms with Gasteiger partial charge in [-0.25, -0.2) is 17.9 Å². The molecule has 0 aliphatic carbocycles. The molecule has 32 heavy (non-hydrogen) atoms. The Morgan fingerprint density at radius 3 is 2.56 bits per heavy atom. The van der Waals surface area contributed by atoms with E-state index in [0.29, 0.717) is 18.5 Å². The number of ether oxygens (including phenoxy) is 1. The Kier molecular flexibility index (Phi) is 8.46. The van der Waals surface area contributed by atoms with Crippen molar-refractivity contribution in [2.75, 3.05) is 6.61 Å². The number of aryl methyl sites for hydroxylation is 1. The van der Waals surface area contributed by atoms with Crippen LogP contribution in [0.5, 0.6) is 0 Å². The van der Waals surface area contributed by atoms with Crippen molar-refractivity contribution in [1.29, 1.82) is 0 Å².